The summed E-state index contributed by atoms with van der Waals surface area (Å²) in [5, 5.41) is 6.64. The van der Waals surface area contributed by atoms with Crippen molar-refractivity contribution in [2.75, 3.05) is 34.4 Å². The third-order valence-corrected chi connectivity index (χ3v) is 4.14. The van der Waals surface area contributed by atoms with E-state index in [1.54, 1.807) is 21.3 Å². The molecule has 0 saturated carbocycles. The molecule has 0 fully saturated rings. The van der Waals surface area contributed by atoms with Gasteiger partial charge in [-0.3, -0.25) is 0 Å². The second-order valence-corrected chi connectivity index (χ2v) is 6.07. The number of nitrogens with one attached hydrogen (secondary N) is 2. The third kappa shape index (κ3) is 6.81. The molecule has 0 saturated heterocycles. The van der Waals surface area contributed by atoms with Crippen molar-refractivity contribution in [1.82, 2.24) is 15.2 Å². The van der Waals surface area contributed by atoms with E-state index in [2.05, 4.69) is 34.8 Å². The van der Waals surface area contributed by atoms with E-state index < -0.39 is 0 Å². The highest BCUT2D eigenvalue weighted by Crippen LogP contribution is 2.34. The van der Waals surface area contributed by atoms with Crippen molar-refractivity contribution < 1.29 is 14.2 Å². The maximum atomic E-state index is 5.51. The zero-order chi connectivity index (χ0) is 19.6. The number of benzene rings is 1. The normalized spacial score (nSPS) is 10.8. The van der Waals surface area contributed by atoms with E-state index in [1.807, 2.05) is 29.9 Å². The first-order valence-corrected chi connectivity index (χ1v) is 9.03. The summed E-state index contributed by atoms with van der Waals surface area (Å²) in [6, 6.07) is 5.80. The zero-order valence-corrected chi connectivity index (χ0v) is 19.6. The van der Waals surface area contributed by atoms with E-state index >= 15 is 0 Å². The minimum absolute atomic E-state index is 0. The largest absolute Gasteiger partial charge is 0.496 e. The van der Waals surface area contributed by atoms with E-state index in [-0.39, 0.29) is 24.0 Å². The molecule has 0 bridgehead atoms. The number of hydrogen-bond donors (Lipinski definition) is 2. The summed E-state index contributed by atoms with van der Waals surface area (Å²) in [5.74, 6) is 2.99. The van der Waals surface area contributed by atoms with Gasteiger partial charge in [-0.1, -0.05) is 0 Å². The lowest BCUT2D eigenvalue weighted by atomic mass is 10.1. The van der Waals surface area contributed by atoms with Crippen LogP contribution in [-0.2, 0) is 20.0 Å². The van der Waals surface area contributed by atoms with Crippen molar-refractivity contribution in [3.8, 4) is 17.2 Å². The lowest BCUT2D eigenvalue weighted by Crippen LogP contribution is -2.38. The molecule has 1 aromatic heterocycles. The Morgan fingerprint density at radius 3 is 2.25 bits per heavy atom. The lowest BCUT2D eigenvalue weighted by molar-refractivity contribution is 0.368. The van der Waals surface area contributed by atoms with Gasteiger partial charge in [0, 0.05) is 50.2 Å². The quantitative estimate of drug-likeness (QED) is 0.314. The molecule has 0 radical (unpaired) electrons. The minimum Gasteiger partial charge on any atom is -0.496 e. The lowest BCUT2D eigenvalue weighted by Gasteiger charge is -2.16. The van der Waals surface area contributed by atoms with Gasteiger partial charge < -0.3 is 29.4 Å². The standard InChI is InChI=1S/C20H30N4O3.HI/c1-6-21-20(23-13-15-8-10-24(2)14-15)22-9-7-17-18(26-4)11-16(25-3)12-19(17)27-5;/h8,10-12,14H,6-7,9,13H2,1-5H3,(H2,21,22,23);1H. The summed E-state index contributed by atoms with van der Waals surface area (Å²) in [6.07, 6.45) is 4.82. The Hall–Kier alpha value is -2.10. The fraction of sp³-hybridized carbons (Fsp3) is 0.450. The summed E-state index contributed by atoms with van der Waals surface area (Å²) < 4.78 is 18.3. The summed E-state index contributed by atoms with van der Waals surface area (Å²) >= 11 is 0. The van der Waals surface area contributed by atoms with Gasteiger partial charge in [0.2, 0.25) is 0 Å². The van der Waals surface area contributed by atoms with Gasteiger partial charge in [0.05, 0.1) is 27.9 Å². The Labute approximate surface area is 184 Å². The Bertz CT molecular complexity index is 737. The molecule has 0 aliphatic heterocycles. The SMILES string of the molecule is CCNC(=NCc1ccn(C)c1)NCCc1c(OC)cc(OC)cc1OC.I. The molecule has 0 amide bonds. The van der Waals surface area contributed by atoms with Gasteiger partial charge in [0.15, 0.2) is 5.96 Å². The number of halogens is 1. The van der Waals surface area contributed by atoms with Crippen LogP contribution in [-0.4, -0.2) is 44.9 Å². The number of methoxy groups -OCH3 is 3. The number of aliphatic imine (C=N–C) groups is 1. The average molecular weight is 502 g/mol. The molecule has 0 spiro atoms. The van der Waals surface area contributed by atoms with Gasteiger partial charge in [0.1, 0.15) is 17.2 Å². The topological polar surface area (TPSA) is 69.0 Å². The van der Waals surface area contributed by atoms with Crippen LogP contribution in [0.25, 0.3) is 0 Å². The Morgan fingerprint density at radius 2 is 1.75 bits per heavy atom. The van der Waals surface area contributed by atoms with Crippen LogP contribution < -0.4 is 24.8 Å². The van der Waals surface area contributed by atoms with Crippen molar-refractivity contribution in [2.24, 2.45) is 12.0 Å². The summed E-state index contributed by atoms with van der Waals surface area (Å²) in [5.41, 5.74) is 2.17. The molecule has 1 heterocycles. The second-order valence-electron chi connectivity index (χ2n) is 6.07. The highest BCUT2D eigenvalue weighted by molar-refractivity contribution is 14.0. The molecular formula is C20H31IN4O3. The van der Waals surface area contributed by atoms with Crippen molar-refractivity contribution in [3.63, 3.8) is 0 Å². The van der Waals surface area contributed by atoms with Crippen LogP contribution in [0.15, 0.2) is 35.6 Å². The van der Waals surface area contributed by atoms with Gasteiger partial charge in [-0.2, -0.15) is 0 Å². The van der Waals surface area contributed by atoms with Crippen molar-refractivity contribution >= 4 is 29.9 Å². The zero-order valence-electron chi connectivity index (χ0n) is 17.2. The van der Waals surface area contributed by atoms with E-state index in [1.165, 1.54) is 5.56 Å². The number of hydrogen-bond acceptors (Lipinski definition) is 4. The molecule has 7 nitrogen and oxygen atoms in total. The first-order valence-electron chi connectivity index (χ1n) is 9.03. The average Bonchev–Trinajstić information content (AvgIpc) is 3.10. The van der Waals surface area contributed by atoms with Crippen molar-refractivity contribution in [2.45, 2.75) is 19.9 Å². The van der Waals surface area contributed by atoms with Crippen molar-refractivity contribution in [3.05, 3.63) is 41.7 Å². The predicted molar refractivity (Wildman–Crippen MR) is 123 cm³/mol. The monoisotopic (exact) mass is 502 g/mol. The van der Waals surface area contributed by atoms with Crippen LogP contribution in [0.2, 0.25) is 0 Å². The molecule has 0 atom stereocenters. The predicted octanol–water partition coefficient (Wildman–Crippen LogP) is 2.97. The van der Waals surface area contributed by atoms with Gasteiger partial charge in [0.25, 0.3) is 0 Å². The van der Waals surface area contributed by atoms with Crippen LogP contribution in [0, 0.1) is 0 Å². The fourth-order valence-corrected chi connectivity index (χ4v) is 2.80. The Balaban J connectivity index is 0.00000392. The van der Waals surface area contributed by atoms with E-state index in [4.69, 9.17) is 14.2 Å². The molecule has 0 unspecified atom stereocenters. The van der Waals surface area contributed by atoms with Crippen LogP contribution in [0.4, 0.5) is 0 Å². The number of guanidine groups is 1. The number of aryl methyl sites for hydroxylation is 1. The molecule has 2 rings (SSSR count). The van der Waals surface area contributed by atoms with Gasteiger partial charge >= 0.3 is 0 Å². The number of ether oxygens (including phenoxy) is 3. The first-order chi connectivity index (χ1) is 13.1. The van der Waals surface area contributed by atoms with Crippen LogP contribution in [0.3, 0.4) is 0 Å². The smallest absolute Gasteiger partial charge is 0.191 e. The van der Waals surface area contributed by atoms with E-state index in [0.29, 0.717) is 18.8 Å². The maximum absolute atomic E-state index is 5.51. The molecule has 8 heteroatoms. The third-order valence-electron chi connectivity index (χ3n) is 4.14. The highest BCUT2D eigenvalue weighted by Gasteiger charge is 2.13. The van der Waals surface area contributed by atoms with Gasteiger partial charge in [-0.05, 0) is 25.0 Å². The molecule has 1 aromatic carbocycles. The summed E-state index contributed by atoms with van der Waals surface area (Å²) in [4.78, 5) is 4.64. The maximum Gasteiger partial charge on any atom is 0.191 e. The molecule has 2 aromatic rings. The fourth-order valence-electron chi connectivity index (χ4n) is 2.80. The van der Waals surface area contributed by atoms with E-state index in [0.717, 1.165) is 36.0 Å². The highest BCUT2D eigenvalue weighted by atomic mass is 127. The molecule has 0 aliphatic carbocycles. The number of nitrogens with zero attached hydrogens (tertiary/aromatic N) is 2. The van der Waals surface area contributed by atoms with Gasteiger partial charge in [-0.25, -0.2) is 4.99 Å². The molecule has 156 valence electrons. The molecule has 0 aliphatic rings. The Morgan fingerprint density at radius 1 is 1.07 bits per heavy atom. The van der Waals surface area contributed by atoms with Crippen LogP contribution in [0.1, 0.15) is 18.1 Å². The Kier molecular flexibility index (Phi) is 10.6. The molecule has 28 heavy (non-hydrogen) atoms. The minimum atomic E-state index is 0. The second kappa shape index (κ2) is 12.4. The van der Waals surface area contributed by atoms with Crippen LogP contribution >= 0.6 is 24.0 Å². The van der Waals surface area contributed by atoms with E-state index in [9.17, 15) is 0 Å². The number of rotatable bonds is 9. The summed E-state index contributed by atoms with van der Waals surface area (Å²) in [7, 11) is 6.93. The summed E-state index contributed by atoms with van der Waals surface area (Å²) in [6.45, 7) is 4.18. The van der Waals surface area contributed by atoms with Crippen LogP contribution in [0.5, 0.6) is 17.2 Å². The first kappa shape index (κ1) is 23.9. The molecular weight excluding hydrogens is 471 g/mol. The van der Waals surface area contributed by atoms with Crippen molar-refractivity contribution in [1.29, 1.82) is 0 Å². The number of aromatic nitrogens is 1. The molecule has 2 N–H and O–H groups in total. The van der Waals surface area contributed by atoms with Gasteiger partial charge in [-0.15, -0.1) is 24.0 Å².